The molecule has 0 spiro atoms. The molecule has 0 N–H and O–H groups in total. The smallest absolute Gasteiger partial charge is 0.370 e. The first-order valence-corrected chi connectivity index (χ1v) is 5.48. The third kappa shape index (κ3) is 2.47. The van der Waals surface area contributed by atoms with E-state index in [1.807, 2.05) is 0 Å². The van der Waals surface area contributed by atoms with Crippen molar-refractivity contribution in [1.29, 1.82) is 0 Å². The zero-order valence-corrected chi connectivity index (χ0v) is 9.38. The minimum absolute atomic E-state index is 0.000820. The Hall–Kier alpha value is -1.59. The van der Waals surface area contributed by atoms with Crippen molar-refractivity contribution >= 4 is 12.0 Å². The summed E-state index contributed by atoms with van der Waals surface area (Å²) in [6.45, 7) is 0.0343. The summed E-state index contributed by atoms with van der Waals surface area (Å²) in [4.78, 5) is 12.3. The fourth-order valence-corrected chi connectivity index (χ4v) is 2.15. The summed E-state index contributed by atoms with van der Waals surface area (Å²) in [5.41, 5.74) is 0.441. The van der Waals surface area contributed by atoms with Crippen LogP contribution in [-0.2, 0) is 0 Å². The van der Waals surface area contributed by atoms with Gasteiger partial charge in [0.1, 0.15) is 5.82 Å². The molecule has 0 aromatic heterocycles. The van der Waals surface area contributed by atoms with Crippen molar-refractivity contribution in [3.63, 3.8) is 0 Å². The van der Waals surface area contributed by atoms with Crippen molar-refractivity contribution in [2.75, 3.05) is 18.0 Å². The van der Waals surface area contributed by atoms with Gasteiger partial charge in [0.25, 0.3) is 0 Å². The van der Waals surface area contributed by atoms with E-state index in [1.165, 1.54) is 11.0 Å². The Kier molecular flexibility index (Phi) is 3.28. The van der Waals surface area contributed by atoms with Crippen molar-refractivity contribution in [2.45, 2.75) is 12.6 Å². The van der Waals surface area contributed by atoms with Crippen molar-refractivity contribution < 1.29 is 22.4 Å². The molecule has 0 aliphatic carbocycles. The van der Waals surface area contributed by atoms with Crippen molar-refractivity contribution in [3.8, 4) is 0 Å². The van der Waals surface area contributed by atoms with Gasteiger partial charge >= 0.3 is 6.18 Å². The van der Waals surface area contributed by atoms with Gasteiger partial charge in [-0.3, -0.25) is 4.79 Å². The Bertz CT molecular complexity index is 458. The molecule has 0 amide bonds. The summed E-state index contributed by atoms with van der Waals surface area (Å²) in [7, 11) is 0. The number of hydrogen-bond acceptors (Lipinski definition) is 2. The highest BCUT2D eigenvalue weighted by atomic mass is 19.4. The first-order chi connectivity index (χ1) is 8.41. The fourth-order valence-electron chi connectivity index (χ4n) is 2.15. The first-order valence-electron chi connectivity index (χ1n) is 5.48. The minimum Gasteiger partial charge on any atom is -0.370 e. The molecule has 1 fully saturated rings. The second kappa shape index (κ2) is 4.59. The van der Waals surface area contributed by atoms with Crippen LogP contribution in [0.25, 0.3) is 0 Å². The average molecular weight is 261 g/mol. The Morgan fingerprint density at radius 1 is 1.33 bits per heavy atom. The van der Waals surface area contributed by atoms with E-state index in [4.69, 9.17) is 0 Å². The number of anilines is 1. The highest BCUT2D eigenvalue weighted by Gasteiger charge is 2.43. The number of carbonyl (C=O) groups excluding carboxylic acids is 1. The second-order valence-electron chi connectivity index (χ2n) is 4.29. The molecule has 1 aromatic carbocycles. The van der Waals surface area contributed by atoms with Crippen LogP contribution in [-0.4, -0.2) is 25.6 Å². The molecule has 1 aromatic rings. The lowest BCUT2D eigenvalue weighted by molar-refractivity contribution is -0.168. The third-order valence-electron chi connectivity index (χ3n) is 3.11. The molecule has 1 saturated heterocycles. The topological polar surface area (TPSA) is 20.3 Å². The summed E-state index contributed by atoms with van der Waals surface area (Å²) in [5.74, 6) is -1.96. The van der Waals surface area contributed by atoms with Crippen molar-refractivity contribution in [3.05, 3.63) is 29.6 Å². The van der Waals surface area contributed by atoms with E-state index >= 15 is 0 Å². The lowest BCUT2D eigenvalue weighted by Crippen LogP contribution is -2.27. The van der Waals surface area contributed by atoms with Gasteiger partial charge in [-0.05, 0) is 24.6 Å². The van der Waals surface area contributed by atoms with E-state index in [9.17, 15) is 22.4 Å². The molecule has 1 heterocycles. The number of alkyl halides is 3. The predicted octanol–water partition coefficient (Wildman–Crippen LogP) is 3.03. The molecule has 2 rings (SSSR count). The van der Waals surface area contributed by atoms with Gasteiger partial charge in [-0.25, -0.2) is 4.39 Å². The molecular weight excluding hydrogens is 250 g/mol. The molecule has 98 valence electrons. The van der Waals surface area contributed by atoms with E-state index < -0.39 is 17.9 Å². The zero-order valence-electron chi connectivity index (χ0n) is 9.38. The van der Waals surface area contributed by atoms with Crippen LogP contribution in [0.5, 0.6) is 0 Å². The van der Waals surface area contributed by atoms with E-state index in [0.29, 0.717) is 12.0 Å². The number of benzene rings is 1. The van der Waals surface area contributed by atoms with Crippen molar-refractivity contribution in [2.24, 2.45) is 5.92 Å². The maximum Gasteiger partial charge on any atom is 0.393 e. The Morgan fingerprint density at radius 2 is 2.06 bits per heavy atom. The number of rotatable bonds is 2. The molecule has 6 heteroatoms. The van der Waals surface area contributed by atoms with Crippen molar-refractivity contribution in [1.82, 2.24) is 0 Å². The quantitative estimate of drug-likeness (QED) is 0.602. The van der Waals surface area contributed by atoms with Gasteiger partial charge in [0, 0.05) is 24.3 Å². The van der Waals surface area contributed by atoms with Gasteiger partial charge in [-0.1, -0.05) is 0 Å². The Balaban J connectivity index is 2.22. The van der Waals surface area contributed by atoms with Crippen LogP contribution in [0.3, 0.4) is 0 Å². The molecule has 0 bridgehead atoms. The molecule has 1 aliphatic heterocycles. The molecule has 1 aliphatic rings. The third-order valence-corrected chi connectivity index (χ3v) is 3.11. The standard InChI is InChI=1S/C12H11F4NO/c13-10-1-2-11(8(5-10)7-18)17-4-3-9(6-17)12(14,15)16/h1-2,5,7,9H,3-4,6H2. The highest BCUT2D eigenvalue weighted by molar-refractivity contribution is 5.84. The second-order valence-corrected chi connectivity index (χ2v) is 4.29. The van der Waals surface area contributed by atoms with Gasteiger partial charge in [0.15, 0.2) is 6.29 Å². The normalized spacial score (nSPS) is 20.2. The van der Waals surface area contributed by atoms with Crippen LogP contribution < -0.4 is 4.90 Å². The highest BCUT2D eigenvalue weighted by Crippen LogP contribution is 2.36. The van der Waals surface area contributed by atoms with Gasteiger partial charge in [0.05, 0.1) is 5.92 Å². The van der Waals surface area contributed by atoms with E-state index in [-0.39, 0.29) is 25.1 Å². The lowest BCUT2D eigenvalue weighted by atomic mass is 10.1. The van der Waals surface area contributed by atoms with E-state index in [2.05, 4.69) is 0 Å². The molecule has 1 atom stereocenters. The van der Waals surface area contributed by atoms with Crippen LogP contribution in [0.2, 0.25) is 0 Å². The van der Waals surface area contributed by atoms with Crippen LogP contribution in [0.4, 0.5) is 23.2 Å². The molecule has 18 heavy (non-hydrogen) atoms. The largest absolute Gasteiger partial charge is 0.393 e. The number of carbonyl (C=O) groups is 1. The molecule has 2 nitrogen and oxygen atoms in total. The number of aldehydes is 1. The molecule has 0 saturated carbocycles. The maximum atomic E-state index is 12.9. The van der Waals surface area contributed by atoms with Gasteiger partial charge in [-0.2, -0.15) is 13.2 Å². The first kappa shape index (κ1) is 12.9. The van der Waals surface area contributed by atoms with Crippen LogP contribution in [0.1, 0.15) is 16.8 Å². The summed E-state index contributed by atoms with van der Waals surface area (Å²) < 4.78 is 50.6. The van der Waals surface area contributed by atoms with E-state index in [0.717, 1.165) is 12.1 Å². The SMILES string of the molecule is O=Cc1cc(F)ccc1N1CCC(C(F)(F)F)C1. The average Bonchev–Trinajstić information content (AvgIpc) is 2.77. The molecular formula is C12H11F4NO. The van der Waals surface area contributed by atoms with Crippen LogP contribution in [0.15, 0.2) is 18.2 Å². The summed E-state index contributed by atoms with van der Waals surface area (Å²) in [6, 6.07) is 3.52. The predicted molar refractivity (Wildman–Crippen MR) is 58.2 cm³/mol. The summed E-state index contributed by atoms with van der Waals surface area (Å²) in [6.07, 6.45) is -3.77. The Labute approximate surface area is 101 Å². The van der Waals surface area contributed by atoms with Gasteiger partial charge in [0.2, 0.25) is 0 Å². The van der Waals surface area contributed by atoms with E-state index in [1.54, 1.807) is 0 Å². The minimum atomic E-state index is -4.23. The lowest BCUT2D eigenvalue weighted by Gasteiger charge is -2.21. The van der Waals surface area contributed by atoms with Crippen LogP contribution in [0, 0.1) is 11.7 Å². The number of halogens is 4. The molecule has 1 unspecified atom stereocenters. The maximum absolute atomic E-state index is 12.9. The number of hydrogen-bond donors (Lipinski definition) is 0. The number of nitrogens with zero attached hydrogens (tertiary/aromatic N) is 1. The van der Waals surface area contributed by atoms with Crippen LogP contribution >= 0.6 is 0 Å². The monoisotopic (exact) mass is 261 g/mol. The summed E-state index contributed by atoms with van der Waals surface area (Å²) >= 11 is 0. The Morgan fingerprint density at radius 3 is 2.61 bits per heavy atom. The van der Waals surface area contributed by atoms with Gasteiger partial charge < -0.3 is 4.90 Å². The van der Waals surface area contributed by atoms with Gasteiger partial charge in [-0.15, -0.1) is 0 Å². The molecule has 0 radical (unpaired) electrons. The zero-order chi connectivity index (χ0) is 13.3. The fraction of sp³-hybridized carbons (Fsp3) is 0.417. The summed E-state index contributed by atoms with van der Waals surface area (Å²) in [5, 5.41) is 0.